The van der Waals surface area contributed by atoms with E-state index in [-0.39, 0.29) is 16.7 Å². The zero-order valence-electron chi connectivity index (χ0n) is 18.8. The molecule has 2 heterocycles. The zero-order valence-corrected chi connectivity index (χ0v) is 18.8. The number of aromatic amines is 2. The number of hydrogen-bond acceptors (Lipinski definition) is 4. The van der Waals surface area contributed by atoms with Crippen molar-refractivity contribution in [3.05, 3.63) is 100 Å². The first-order chi connectivity index (χ1) is 17.2. The highest BCUT2D eigenvalue weighted by Gasteiger charge is 2.24. The smallest absolute Gasteiger partial charge is 0.335 e. The Hall–Kier alpha value is -5.05. The normalized spacial score (nSPS) is 11.4. The first-order valence-electron chi connectivity index (χ1n) is 11.0. The molecule has 0 atom stereocenters. The first-order valence-corrected chi connectivity index (χ1v) is 11.0. The van der Waals surface area contributed by atoms with Gasteiger partial charge in [-0.15, -0.1) is 0 Å². The monoisotopic (exact) mass is 483 g/mol. The number of carboxylic acids is 3. The van der Waals surface area contributed by atoms with Crippen molar-refractivity contribution in [3.8, 4) is 0 Å². The minimum atomic E-state index is -1.08. The molecule has 2 aromatic heterocycles. The molecule has 36 heavy (non-hydrogen) atoms. The summed E-state index contributed by atoms with van der Waals surface area (Å²) in [6.07, 6.45) is 3.87. The van der Waals surface area contributed by atoms with Gasteiger partial charge in [-0.05, 0) is 77.7 Å². The molecule has 0 bridgehead atoms. The van der Waals surface area contributed by atoms with Crippen molar-refractivity contribution in [1.29, 1.82) is 0 Å². The van der Waals surface area contributed by atoms with E-state index < -0.39 is 23.8 Å². The maximum absolute atomic E-state index is 11.6. The van der Waals surface area contributed by atoms with Gasteiger partial charge >= 0.3 is 17.9 Å². The highest BCUT2D eigenvalue weighted by Crippen LogP contribution is 2.38. The largest absolute Gasteiger partial charge is 0.478 e. The molecule has 180 valence electrons. The van der Waals surface area contributed by atoms with Crippen molar-refractivity contribution < 1.29 is 29.7 Å². The Morgan fingerprint density at radius 1 is 0.694 bits per heavy atom. The highest BCUT2D eigenvalue weighted by molar-refractivity contribution is 5.97. The average Bonchev–Trinajstić information content (AvgIpc) is 3.47. The van der Waals surface area contributed by atoms with E-state index in [0.29, 0.717) is 28.4 Å². The van der Waals surface area contributed by atoms with Gasteiger partial charge in [0.1, 0.15) is 0 Å². The van der Waals surface area contributed by atoms with E-state index in [1.54, 1.807) is 42.7 Å². The summed E-state index contributed by atoms with van der Waals surface area (Å²) in [5, 5.41) is 29.9. The lowest BCUT2D eigenvalue weighted by atomic mass is 9.84. The van der Waals surface area contributed by atoms with Gasteiger partial charge < -0.3 is 31.0 Å². The van der Waals surface area contributed by atoms with Crippen LogP contribution in [0.2, 0.25) is 0 Å². The number of fused-ring (bicyclic) bond motifs is 2. The van der Waals surface area contributed by atoms with Gasteiger partial charge in [0.15, 0.2) is 0 Å². The summed E-state index contributed by atoms with van der Waals surface area (Å²) in [5.74, 6) is -3.61. The SMILES string of the molecule is Nc1ccc(C(=O)O)cc1CC(c1c[nH]c2ccc(C(=O)O)cc12)c1c[nH]c2ccc(C(=O)O)cc12. The molecule has 5 aromatic rings. The van der Waals surface area contributed by atoms with Gasteiger partial charge in [-0.25, -0.2) is 14.4 Å². The van der Waals surface area contributed by atoms with Crippen LogP contribution in [0.5, 0.6) is 0 Å². The number of carboxylic acid groups (broad SMARTS) is 3. The number of nitrogens with two attached hydrogens (primary N) is 1. The van der Waals surface area contributed by atoms with Gasteiger partial charge in [-0.3, -0.25) is 0 Å². The third kappa shape index (κ3) is 3.92. The molecule has 3 aromatic carbocycles. The molecule has 0 aliphatic heterocycles. The van der Waals surface area contributed by atoms with E-state index in [1.165, 1.54) is 24.3 Å². The molecule has 0 saturated carbocycles. The fourth-order valence-corrected chi connectivity index (χ4v) is 4.65. The fraction of sp³-hybridized carbons (Fsp3) is 0.0741. The minimum Gasteiger partial charge on any atom is -0.478 e. The quantitative estimate of drug-likeness (QED) is 0.182. The molecule has 7 N–H and O–H groups in total. The van der Waals surface area contributed by atoms with Crippen molar-refractivity contribution in [2.75, 3.05) is 5.73 Å². The summed E-state index contributed by atoms with van der Waals surface area (Å²) >= 11 is 0. The second-order valence-corrected chi connectivity index (χ2v) is 8.59. The number of benzene rings is 3. The Morgan fingerprint density at radius 3 is 1.61 bits per heavy atom. The average molecular weight is 483 g/mol. The van der Waals surface area contributed by atoms with Crippen LogP contribution in [0.3, 0.4) is 0 Å². The van der Waals surface area contributed by atoms with Crippen molar-refractivity contribution in [2.45, 2.75) is 12.3 Å². The Kier molecular flexibility index (Phi) is 5.44. The maximum atomic E-state index is 11.6. The molecule has 0 aliphatic carbocycles. The first kappa shape index (κ1) is 22.7. The summed E-state index contributed by atoms with van der Waals surface area (Å²) in [6.45, 7) is 0. The summed E-state index contributed by atoms with van der Waals surface area (Å²) in [6, 6.07) is 14.1. The van der Waals surface area contributed by atoms with Crippen LogP contribution >= 0.6 is 0 Å². The van der Waals surface area contributed by atoms with Crippen molar-refractivity contribution >= 4 is 45.4 Å². The lowest BCUT2D eigenvalue weighted by molar-refractivity contribution is 0.0686. The second kappa shape index (κ2) is 8.62. The molecular formula is C27H21N3O6. The summed E-state index contributed by atoms with van der Waals surface area (Å²) in [7, 11) is 0. The molecule has 0 unspecified atom stereocenters. The number of H-pyrrole nitrogens is 2. The van der Waals surface area contributed by atoms with E-state index in [0.717, 1.165) is 22.2 Å². The fourth-order valence-electron chi connectivity index (χ4n) is 4.65. The Bertz CT molecular complexity index is 1590. The van der Waals surface area contributed by atoms with Gasteiger partial charge in [0.2, 0.25) is 0 Å². The predicted molar refractivity (Wildman–Crippen MR) is 134 cm³/mol. The molecule has 0 amide bonds. The van der Waals surface area contributed by atoms with Gasteiger partial charge in [0.25, 0.3) is 0 Å². The van der Waals surface area contributed by atoms with E-state index >= 15 is 0 Å². The molecule has 0 saturated heterocycles. The Labute approximate surface area is 203 Å². The van der Waals surface area contributed by atoms with Crippen molar-refractivity contribution in [3.63, 3.8) is 0 Å². The molecular weight excluding hydrogens is 462 g/mol. The molecule has 9 nitrogen and oxygen atoms in total. The van der Waals surface area contributed by atoms with Crippen LogP contribution in [0.15, 0.2) is 67.0 Å². The number of anilines is 1. The molecule has 0 radical (unpaired) electrons. The third-order valence-corrected chi connectivity index (χ3v) is 6.49. The Morgan fingerprint density at radius 2 is 1.14 bits per heavy atom. The number of rotatable bonds is 7. The van der Waals surface area contributed by atoms with Gasteiger partial charge in [-0.2, -0.15) is 0 Å². The van der Waals surface area contributed by atoms with Crippen LogP contribution in [0, 0.1) is 0 Å². The topological polar surface area (TPSA) is 170 Å². The van der Waals surface area contributed by atoms with Gasteiger partial charge in [0.05, 0.1) is 16.7 Å². The van der Waals surface area contributed by atoms with Gasteiger partial charge in [-0.1, -0.05) is 0 Å². The van der Waals surface area contributed by atoms with Crippen LogP contribution in [-0.4, -0.2) is 43.2 Å². The van der Waals surface area contributed by atoms with Crippen LogP contribution in [0.4, 0.5) is 5.69 Å². The number of carbonyl (C=O) groups is 3. The van der Waals surface area contributed by atoms with Crippen LogP contribution in [0.1, 0.15) is 53.7 Å². The second-order valence-electron chi connectivity index (χ2n) is 8.59. The lowest BCUT2D eigenvalue weighted by Crippen LogP contribution is -2.08. The summed E-state index contributed by atoms with van der Waals surface area (Å²) in [5.41, 5.74) is 10.6. The highest BCUT2D eigenvalue weighted by atomic mass is 16.4. The minimum absolute atomic E-state index is 0.0946. The number of nitrogens with one attached hydrogen (secondary N) is 2. The summed E-state index contributed by atoms with van der Waals surface area (Å²) in [4.78, 5) is 41.3. The van der Waals surface area contributed by atoms with Gasteiger partial charge in [0, 0.05) is 45.8 Å². The van der Waals surface area contributed by atoms with E-state index in [4.69, 9.17) is 5.73 Å². The standard InChI is InChI=1S/C27H21N3O6/c28-22-4-1-13(25(31)32)7-16(22)10-17(20-11-29-23-5-2-14(26(33)34)8-18(20)23)21-12-30-24-6-3-15(27(35)36)9-19(21)24/h1-9,11-12,17,29-30H,10,28H2,(H,31,32)(H,33,34)(H,35,36). The lowest BCUT2D eigenvalue weighted by Gasteiger charge is -2.19. The van der Waals surface area contributed by atoms with E-state index in [1.807, 2.05) is 0 Å². The van der Waals surface area contributed by atoms with Crippen LogP contribution in [-0.2, 0) is 6.42 Å². The van der Waals surface area contributed by atoms with E-state index in [9.17, 15) is 29.7 Å². The number of aromatic nitrogens is 2. The van der Waals surface area contributed by atoms with Crippen LogP contribution in [0.25, 0.3) is 21.8 Å². The third-order valence-electron chi connectivity index (χ3n) is 6.49. The molecule has 9 heteroatoms. The predicted octanol–water partition coefficient (Wildman–Crippen LogP) is 4.70. The molecule has 5 rings (SSSR count). The molecule has 0 spiro atoms. The summed E-state index contributed by atoms with van der Waals surface area (Å²) < 4.78 is 0. The maximum Gasteiger partial charge on any atom is 0.335 e. The zero-order chi connectivity index (χ0) is 25.6. The number of nitrogen functional groups attached to an aromatic ring is 1. The van der Waals surface area contributed by atoms with E-state index in [2.05, 4.69) is 9.97 Å². The van der Waals surface area contributed by atoms with Crippen molar-refractivity contribution in [1.82, 2.24) is 9.97 Å². The molecule has 0 fully saturated rings. The van der Waals surface area contributed by atoms with Crippen LogP contribution < -0.4 is 5.73 Å². The number of hydrogen-bond donors (Lipinski definition) is 6. The molecule has 0 aliphatic rings. The van der Waals surface area contributed by atoms with Crippen molar-refractivity contribution in [2.24, 2.45) is 0 Å². The number of aromatic carboxylic acids is 3. The Balaban J connectivity index is 1.74.